The summed E-state index contributed by atoms with van der Waals surface area (Å²) in [6.45, 7) is 1.98. The number of hydrogen-bond acceptors (Lipinski definition) is 6. The van der Waals surface area contributed by atoms with E-state index in [1.807, 2.05) is 0 Å². The van der Waals surface area contributed by atoms with Crippen LogP contribution in [0, 0.1) is 0 Å². The third kappa shape index (κ3) is 2.71. The fraction of sp³-hybridized carbons (Fsp3) is 0.308. The molecule has 0 saturated carbocycles. The van der Waals surface area contributed by atoms with Crippen LogP contribution in [0.5, 0.6) is 0 Å². The third-order valence-corrected chi connectivity index (χ3v) is 3.09. The Kier molecular flexibility index (Phi) is 3.49. The van der Waals surface area contributed by atoms with Crippen molar-refractivity contribution in [2.45, 2.75) is 12.8 Å². The Bertz CT molecular complexity index is 597. The van der Waals surface area contributed by atoms with Gasteiger partial charge in [-0.3, -0.25) is 4.79 Å². The van der Waals surface area contributed by atoms with Crippen LogP contribution >= 0.6 is 0 Å². The predicted molar refractivity (Wildman–Crippen MR) is 73.5 cm³/mol. The lowest BCUT2D eigenvalue weighted by atomic mass is 10.4. The number of amides is 1. The van der Waals surface area contributed by atoms with Crippen molar-refractivity contribution in [1.29, 1.82) is 0 Å². The van der Waals surface area contributed by atoms with E-state index in [1.165, 1.54) is 31.6 Å². The fourth-order valence-corrected chi connectivity index (χ4v) is 2.12. The first kappa shape index (κ1) is 12.5. The molecule has 20 heavy (non-hydrogen) atoms. The Hall–Kier alpha value is -2.57. The van der Waals surface area contributed by atoms with Gasteiger partial charge in [0.2, 0.25) is 5.82 Å². The first-order valence-electron chi connectivity index (χ1n) is 6.48. The van der Waals surface area contributed by atoms with E-state index in [4.69, 9.17) is 0 Å². The number of nitrogens with one attached hydrogen (secondary N) is 1. The van der Waals surface area contributed by atoms with Crippen molar-refractivity contribution in [1.82, 2.24) is 19.9 Å². The summed E-state index contributed by atoms with van der Waals surface area (Å²) in [5.41, 5.74) is 0. The fourth-order valence-electron chi connectivity index (χ4n) is 2.12. The molecule has 2 aromatic heterocycles. The SMILES string of the molecule is O=C(Nc1cc(N2CCCC2)ncn1)c1ncccn1. The van der Waals surface area contributed by atoms with Gasteiger partial charge in [-0.05, 0) is 18.9 Å². The molecular formula is C13H14N6O. The van der Waals surface area contributed by atoms with Crippen molar-refractivity contribution in [3.63, 3.8) is 0 Å². The third-order valence-electron chi connectivity index (χ3n) is 3.09. The lowest BCUT2D eigenvalue weighted by Crippen LogP contribution is -2.20. The molecule has 7 nitrogen and oxygen atoms in total. The van der Waals surface area contributed by atoms with Crippen LogP contribution in [-0.4, -0.2) is 38.9 Å². The lowest BCUT2D eigenvalue weighted by Gasteiger charge is -2.16. The Morgan fingerprint density at radius 2 is 1.85 bits per heavy atom. The summed E-state index contributed by atoms with van der Waals surface area (Å²) < 4.78 is 0. The summed E-state index contributed by atoms with van der Waals surface area (Å²) in [4.78, 5) is 30.2. The second-order valence-corrected chi connectivity index (χ2v) is 4.48. The maximum absolute atomic E-state index is 11.9. The molecule has 7 heteroatoms. The minimum absolute atomic E-state index is 0.119. The van der Waals surface area contributed by atoms with Crippen molar-refractivity contribution in [3.8, 4) is 0 Å². The van der Waals surface area contributed by atoms with Crippen molar-refractivity contribution in [2.75, 3.05) is 23.3 Å². The molecule has 1 fully saturated rings. The van der Waals surface area contributed by atoms with E-state index in [1.54, 1.807) is 12.1 Å². The Labute approximate surface area is 116 Å². The first-order valence-corrected chi connectivity index (χ1v) is 6.48. The van der Waals surface area contributed by atoms with Crippen LogP contribution < -0.4 is 10.2 Å². The Balaban J connectivity index is 1.74. The van der Waals surface area contributed by atoms with Gasteiger partial charge in [0.15, 0.2) is 0 Å². The molecule has 1 saturated heterocycles. The number of aromatic nitrogens is 4. The van der Waals surface area contributed by atoms with Gasteiger partial charge in [0, 0.05) is 31.5 Å². The Morgan fingerprint density at radius 3 is 2.60 bits per heavy atom. The van der Waals surface area contributed by atoms with E-state index < -0.39 is 0 Å². The molecule has 0 aromatic carbocycles. The molecular weight excluding hydrogens is 256 g/mol. The van der Waals surface area contributed by atoms with Gasteiger partial charge >= 0.3 is 0 Å². The predicted octanol–water partition coefficient (Wildman–Crippen LogP) is 1.12. The molecule has 1 amide bonds. The Morgan fingerprint density at radius 1 is 1.10 bits per heavy atom. The smallest absolute Gasteiger partial charge is 0.294 e. The van der Waals surface area contributed by atoms with Gasteiger partial charge < -0.3 is 10.2 Å². The second kappa shape index (κ2) is 5.60. The van der Waals surface area contributed by atoms with E-state index in [9.17, 15) is 4.79 Å². The molecule has 0 unspecified atom stereocenters. The van der Waals surface area contributed by atoms with Gasteiger partial charge in [0.25, 0.3) is 5.91 Å². The minimum Gasteiger partial charge on any atom is -0.356 e. The van der Waals surface area contributed by atoms with Gasteiger partial charge in [0.1, 0.15) is 18.0 Å². The van der Waals surface area contributed by atoms with Gasteiger partial charge in [-0.2, -0.15) is 0 Å². The number of carbonyl (C=O) groups excluding carboxylic acids is 1. The van der Waals surface area contributed by atoms with Gasteiger partial charge in [-0.1, -0.05) is 0 Å². The summed E-state index contributed by atoms with van der Waals surface area (Å²) in [6, 6.07) is 3.43. The van der Waals surface area contributed by atoms with Crippen LogP contribution in [0.1, 0.15) is 23.5 Å². The summed E-state index contributed by atoms with van der Waals surface area (Å²) >= 11 is 0. The van der Waals surface area contributed by atoms with E-state index in [0.717, 1.165) is 18.9 Å². The van der Waals surface area contributed by atoms with Crippen molar-refractivity contribution >= 4 is 17.5 Å². The molecule has 0 spiro atoms. The zero-order valence-corrected chi connectivity index (χ0v) is 10.9. The van der Waals surface area contributed by atoms with E-state index >= 15 is 0 Å². The summed E-state index contributed by atoms with van der Waals surface area (Å²) in [6.07, 6.45) is 6.84. The van der Waals surface area contributed by atoms with Crippen molar-refractivity contribution < 1.29 is 4.79 Å². The molecule has 0 radical (unpaired) electrons. The van der Waals surface area contributed by atoms with Crippen LogP contribution in [0.3, 0.4) is 0 Å². The monoisotopic (exact) mass is 270 g/mol. The molecule has 1 aliphatic rings. The number of carbonyl (C=O) groups is 1. The summed E-state index contributed by atoms with van der Waals surface area (Å²) in [5.74, 6) is 1.03. The van der Waals surface area contributed by atoms with Gasteiger partial charge in [-0.15, -0.1) is 0 Å². The van der Waals surface area contributed by atoms with Crippen molar-refractivity contribution in [3.05, 3.63) is 36.7 Å². The van der Waals surface area contributed by atoms with Crippen LogP contribution in [0.15, 0.2) is 30.9 Å². The highest BCUT2D eigenvalue weighted by Crippen LogP contribution is 2.19. The molecule has 3 rings (SSSR count). The highest BCUT2D eigenvalue weighted by Gasteiger charge is 2.15. The molecule has 1 aliphatic heterocycles. The quantitative estimate of drug-likeness (QED) is 0.899. The van der Waals surface area contributed by atoms with Gasteiger partial charge in [0.05, 0.1) is 0 Å². The van der Waals surface area contributed by atoms with Crippen LogP contribution in [-0.2, 0) is 0 Å². The van der Waals surface area contributed by atoms with Crippen LogP contribution in [0.2, 0.25) is 0 Å². The average molecular weight is 270 g/mol. The number of anilines is 2. The first-order chi connectivity index (χ1) is 9.83. The summed E-state index contributed by atoms with van der Waals surface area (Å²) in [7, 11) is 0. The van der Waals surface area contributed by atoms with E-state index in [2.05, 4.69) is 30.2 Å². The average Bonchev–Trinajstić information content (AvgIpc) is 3.03. The van der Waals surface area contributed by atoms with Crippen molar-refractivity contribution in [2.24, 2.45) is 0 Å². The van der Waals surface area contributed by atoms with E-state index in [-0.39, 0.29) is 11.7 Å². The maximum Gasteiger partial charge on any atom is 0.294 e. The van der Waals surface area contributed by atoms with Gasteiger partial charge in [-0.25, -0.2) is 19.9 Å². The van der Waals surface area contributed by atoms with Crippen LogP contribution in [0.25, 0.3) is 0 Å². The van der Waals surface area contributed by atoms with E-state index in [0.29, 0.717) is 5.82 Å². The normalized spacial score (nSPS) is 14.3. The molecule has 0 atom stereocenters. The zero-order chi connectivity index (χ0) is 13.8. The molecule has 3 heterocycles. The summed E-state index contributed by atoms with van der Waals surface area (Å²) in [5, 5.41) is 2.68. The lowest BCUT2D eigenvalue weighted by molar-refractivity contribution is 0.101. The standard InChI is InChI=1S/C13H14N6O/c20-13(12-14-4-3-5-15-12)18-10-8-11(17-9-16-10)19-6-1-2-7-19/h3-5,8-9H,1-2,6-7H2,(H,16,17,18,20). The minimum atomic E-state index is -0.378. The topological polar surface area (TPSA) is 83.9 Å². The molecule has 0 aliphatic carbocycles. The number of rotatable bonds is 3. The highest BCUT2D eigenvalue weighted by molar-refractivity contribution is 6.00. The number of nitrogens with zero attached hydrogens (tertiary/aromatic N) is 5. The molecule has 0 bridgehead atoms. The largest absolute Gasteiger partial charge is 0.356 e. The van der Waals surface area contributed by atoms with Crippen LogP contribution in [0.4, 0.5) is 11.6 Å². The number of hydrogen-bond donors (Lipinski definition) is 1. The maximum atomic E-state index is 11.9. The highest BCUT2D eigenvalue weighted by atomic mass is 16.2. The molecule has 2 aromatic rings. The zero-order valence-electron chi connectivity index (χ0n) is 10.9. The second-order valence-electron chi connectivity index (χ2n) is 4.48. The molecule has 1 N–H and O–H groups in total. The molecule has 102 valence electrons.